The lowest BCUT2D eigenvalue weighted by molar-refractivity contribution is 0.194. The molecule has 1 unspecified atom stereocenters. The van der Waals surface area contributed by atoms with Gasteiger partial charge in [-0.25, -0.2) is 4.39 Å². The molecule has 2 N–H and O–H groups in total. The first-order valence-electron chi connectivity index (χ1n) is 5.10. The largest absolute Gasteiger partial charge is 0.330 e. The van der Waals surface area contributed by atoms with Gasteiger partial charge in [0.2, 0.25) is 0 Å². The third-order valence-electron chi connectivity index (χ3n) is 2.27. The van der Waals surface area contributed by atoms with E-state index in [0.29, 0.717) is 13.0 Å². The van der Waals surface area contributed by atoms with Gasteiger partial charge < -0.3 is 5.73 Å². The molecular formula is C10H22FN. The predicted octanol–water partition coefficient (Wildman–Crippen LogP) is 2.89. The van der Waals surface area contributed by atoms with Crippen molar-refractivity contribution in [2.24, 2.45) is 11.7 Å². The van der Waals surface area contributed by atoms with E-state index in [1.807, 2.05) is 0 Å². The van der Waals surface area contributed by atoms with Gasteiger partial charge in [-0.05, 0) is 31.7 Å². The normalized spacial score (nSPS) is 13.8. The monoisotopic (exact) mass is 175 g/mol. The second-order valence-electron chi connectivity index (χ2n) is 3.43. The minimum absolute atomic E-state index is 0.253. The summed E-state index contributed by atoms with van der Waals surface area (Å²) in [6.45, 7) is 4.70. The summed E-state index contributed by atoms with van der Waals surface area (Å²) >= 11 is 0. The molecule has 0 radical (unpaired) electrons. The fourth-order valence-electron chi connectivity index (χ4n) is 1.64. The van der Waals surface area contributed by atoms with Crippen LogP contribution >= 0.6 is 0 Å². The topological polar surface area (TPSA) is 26.0 Å². The van der Waals surface area contributed by atoms with Crippen molar-refractivity contribution in [2.75, 3.05) is 6.54 Å². The average molecular weight is 175 g/mol. The van der Waals surface area contributed by atoms with Crippen molar-refractivity contribution in [2.45, 2.75) is 52.1 Å². The summed E-state index contributed by atoms with van der Waals surface area (Å²) in [5.74, 6) is 0.253. The molecule has 0 aliphatic heterocycles. The molecule has 0 aromatic carbocycles. The summed E-state index contributed by atoms with van der Waals surface area (Å²) in [6, 6.07) is 0. The van der Waals surface area contributed by atoms with Crippen LogP contribution in [0.5, 0.6) is 0 Å². The van der Waals surface area contributed by atoms with E-state index in [-0.39, 0.29) is 5.92 Å². The lowest BCUT2D eigenvalue weighted by Gasteiger charge is -2.19. The van der Waals surface area contributed by atoms with Crippen molar-refractivity contribution in [1.82, 2.24) is 0 Å². The third kappa shape index (κ3) is 4.70. The molecule has 0 aliphatic rings. The second kappa shape index (κ2) is 7.53. The van der Waals surface area contributed by atoms with E-state index in [0.717, 1.165) is 25.7 Å². The van der Waals surface area contributed by atoms with Gasteiger partial charge in [0, 0.05) is 0 Å². The molecule has 0 amide bonds. The molecule has 0 aliphatic carbocycles. The summed E-state index contributed by atoms with van der Waals surface area (Å²) in [5.41, 5.74) is 5.32. The van der Waals surface area contributed by atoms with Gasteiger partial charge >= 0.3 is 0 Å². The summed E-state index contributed by atoms with van der Waals surface area (Å²) in [4.78, 5) is 0. The molecule has 0 bridgehead atoms. The fourth-order valence-corrected chi connectivity index (χ4v) is 1.64. The molecule has 0 spiro atoms. The van der Waals surface area contributed by atoms with Crippen LogP contribution in [0.2, 0.25) is 0 Å². The highest BCUT2D eigenvalue weighted by molar-refractivity contribution is 4.69. The average Bonchev–Trinajstić information content (AvgIpc) is 2.04. The van der Waals surface area contributed by atoms with Gasteiger partial charge in [0.05, 0.1) is 0 Å². The molecule has 0 aromatic rings. The molecule has 0 rings (SSSR count). The Morgan fingerprint density at radius 2 is 1.58 bits per heavy atom. The van der Waals surface area contributed by atoms with Crippen LogP contribution in [0.3, 0.4) is 0 Å². The van der Waals surface area contributed by atoms with Gasteiger partial charge in [-0.1, -0.05) is 26.7 Å². The first-order chi connectivity index (χ1) is 5.76. The zero-order valence-corrected chi connectivity index (χ0v) is 8.35. The lowest BCUT2D eigenvalue weighted by Crippen LogP contribution is -2.19. The van der Waals surface area contributed by atoms with E-state index in [9.17, 15) is 4.39 Å². The fraction of sp³-hybridized carbons (Fsp3) is 1.00. The number of rotatable bonds is 7. The Bertz CT molecular complexity index is 89.8. The summed E-state index contributed by atoms with van der Waals surface area (Å²) < 4.78 is 13.4. The summed E-state index contributed by atoms with van der Waals surface area (Å²) in [5, 5.41) is 0. The lowest BCUT2D eigenvalue weighted by atomic mass is 9.92. The Kier molecular flexibility index (Phi) is 7.47. The maximum Gasteiger partial charge on any atom is 0.104 e. The molecule has 74 valence electrons. The van der Waals surface area contributed by atoms with Crippen molar-refractivity contribution in [3.8, 4) is 0 Å². The van der Waals surface area contributed by atoms with Gasteiger partial charge in [-0.15, -0.1) is 0 Å². The quantitative estimate of drug-likeness (QED) is 0.632. The second-order valence-corrected chi connectivity index (χ2v) is 3.43. The van der Waals surface area contributed by atoms with E-state index in [4.69, 9.17) is 5.73 Å². The van der Waals surface area contributed by atoms with Gasteiger partial charge in [0.25, 0.3) is 0 Å². The van der Waals surface area contributed by atoms with Crippen LogP contribution in [0, 0.1) is 5.92 Å². The molecule has 1 atom stereocenters. The molecule has 0 fully saturated rings. The standard InChI is InChI=1S/C10H22FN/c1-3-5-9(6-4-2)10(11)7-8-12/h9-10H,3-8,12H2,1-2H3. The zero-order chi connectivity index (χ0) is 9.40. The Hall–Kier alpha value is -0.110. The molecule has 0 saturated carbocycles. The van der Waals surface area contributed by atoms with Gasteiger partial charge in [0.1, 0.15) is 6.17 Å². The first-order valence-corrected chi connectivity index (χ1v) is 5.10. The summed E-state index contributed by atoms with van der Waals surface area (Å²) in [7, 11) is 0. The zero-order valence-electron chi connectivity index (χ0n) is 8.35. The highest BCUT2D eigenvalue weighted by Gasteiger charge is 2.17. The minimum atomic E-state index is -0.671. The molecule has 0 heterocycles. The van der Waals surface area contributed by atoms with Gasteiger partial charge in [-0.3, -0.25) is 0 Å². The Labute approximate surface area is 75.5 Å². The number of hydrogen-bond donors (Lipinski definition) is 1. The van der Waals surface area contributed by atoms with Crippen LogP contribution < -0.4 is 5.73 Å². The number of nitrogens with two attached hydrogens (primary N) is 1. The minimum Gasteiger partial charge on any atom is -0.330 e. The number of hydrogen-bond acceptors (Lipinski definition) is 1. The van der Waals surface area contributed by atoms with Crippen LogP contribution in [-0.4, -0.2) is 12.7 Å². The number of alkyl halides is 1. The van der Waals surface area contributed by atoms with Crippen molar-refractivity contribution < 1.29 is 4.39 Å². The smallest absolute Gasteiger partial charge is 0.104 e. The van der Waals surface area contributed by atoms with Gasteiger partial charge in [0.15, 0.2) is 0 Å². The first kappa shape index (κ1) is 11.9. The predicted molar refractivity (Wildman–Crippen MR) is 51.9 cm³/mol. The van der Waals surface area contributed by atoms with E-state index in [1.54, 1.807) is 0 Å². The van der Waals surface area contributed by atoms with Crippen LogP contribution in [-0.2, 0) is 0 Å². The molecule has 0 saturated heterocycles. The van der Waals surface area contributed by atoms with Crippen LogP contribution in [0.15, 0.2) is 0 Å². The maximum absolute atomic E-state index is 13.4. The van der Waals surface area contributed by atoms with Crippen molar-refractivity contribution >= 4 is 0 Å². The van der Waals surface area contributed by atoms with E-state index in [1.165, 1.54) is 0 Å². The maximum atomic E-state index is 13.4. The Balaban J connectivity index is 3.72. The molecule has 2 heteroatoms. The highest BCUT2D eigenvalue weighted by Crippen LogP contribution is 2.22. The summed E-state index contributed by atoms with van der Waals surface area (Å²) in [6.07, 6.45) is 4.04. The van der Waals surface area contributed by atoms with Crippen LogP contribution in [0.1, 0.15) is 46.0 Å². The van der Waals surface area contributed by atoms with E-state index >= 15 is 0 Å². The van der Waals surface area contributed by atoms with E-state index in [2.05, 4.69) is 13.8 Å². The molecule has 12 heavy (non-hydrogen) atoms. The van der Waals surface area contributed by atoms with Crippen LogP contribution in [0.4, 0.5) is 4.39 Å². The van der Waals surface area contributed by atoms with E-state index < -0.39 is 6.17 Å². The SMILES string of the molecule is CCCC(CCC)C(F)CCN. The van der Waals surface area contributed by atoms with Gasteiger partial charge in [-0.2, -0.15) is 0 Å². The van der Waals surface area contributed by atoms with Crippen molar-refractivity contribution in [1.29, 1.82) is 0 Å². The Morgan fingerprint density at radius 3 is 1.92 bits per heavy atom. The highest BCUT2D eigenvalue weighted by atomic mass is 19.1. The molecule has 0 aromatic heterocycles. The molecular weight excluding hydrogens is 153 g/mol. The molecule has 1 nitrogen and oxygen atoms in total. The van der Waals surface area contributed by atoms with Crippen LogP contribution in [0.25, 0.3) is 0 Å². The Morgan fingerprint density at radius 1 is 1.08 bits per heavy atom. The van der Waals surface area contributed by atoms with Crippen molar-refractivity contribution in [3.05, 3.63) is 0 Å². The third-order valence-corrected chi connectivity index (χ3v) is 2.27. The van der Waals surface area contributed by atoms with Crippen molar-refractivity contribution in [3.63, 3.8) is 0 Å². The number of halogens is 1.